The standard InChI is InChI=1S/C72H37N5/c1-2-14-39(15-3-1)73-61-33-50-46-22-10-20-44-41-16-4-7-26-56(41)75(69(44)46)63(50)35-52(61)53-36-64-51(34-62(53)73)47-23-12-24-48-66-40(19-13-29-60(66)77(64)71(47)48)38-30-31-59-55(32-38)68-67-49-25-11-21-45-42-17-5-8-27-57(42)76(70(45)49)65(67)37-54-43-18-6-9-28-58(43)74(59)72(54)68/h1-37H. The van der Waals surface area contributed by atoms with Gasteiger partial charge in [0.25, 0.3) is 0 Å². The van der Waals surface area contributed by atoms with Gasteiger partial charge in [-0.25, -0.2) is 0 Å². The van der Waals surface area contributed by atoms with Gasteiger partial charge in [0.1, 0.15) is 0 Å². The Labute approximate surface area is 435 Å². The molecule has 0 atom stereocenters. The summed E-state index contributed by atoms with van der Waals surface area (Å²) in [6.45, 7) is 0. The summed E-state index contributed by atoms with van der Waals surface area (Å²) in [5.41, 5.74) is 21.2. The molecule has 12 aromatic carbocycles. The zero-order valence-corrected chi connectivity index (χ0v) is 41.1. The third-order valence-electron chi connectivity index (χ3n) is 18.5. The number of nitrogens with zero attached hydrogens (tertiary/aromatic N) is 5. The lowest BCUT2D eigenvalue weighted by Crippen LogP contribution is -1.93. The first-order valence-electron chi connectivity index (χ1n) is 26.8. The summed E-state index contributed by atoms with van der Waals surface area (Å²) in [6, 6.07) is 85.1. The molecular formula is C72H37N5. The number of para-hydroxylation sites is 7. The number of rotatable bonds is 2. The molecule has 9 heterocycles. The Bertz CT molecular complexity index is 6230. The Morgan fingerprint density at radius 3 is 1.25 bits per heavy atom. The molecule has 5 nitrogen and oxygen atoms in total. The second kappa shape index (κ2) is 12.8. The summed E-state index contributed by atoms with van der Waals surface area (Å²) in [6.07, 6.45) is 0. The fourth-order valence-electron chi connectivity index (χ4n) is 15.7. The zero-order chi connectivity index (χ0) is 49.3. The monoisotopic (exact) mass is 971 g/mol. The molecule has 0 spiro atoms. The first-order valence-corrected chi connectivity index (χ1v) is 26.8. The molecule has 77 heavy (non-hydrogen) atoms. The molecule has 0 aliphatic heterocycles. The van der Waals surface area contributed by atoms with Gasteiger partial charge < -0.3 is 22.2 Å². The van der Waals surface area contributed by atoms with Gasteiger partial charge in [0.15, 0.2) is 0 Å². The molecule has 0 N–H and O–H groups in total. The highest BCUT2D eigenvalue weighted by Gasteiger charge is 2.28. The summed E-state index contributed by atoms with van der Waals surface area (Å²) in [4.78, 5) is 0. The molecule has 0 fully saturated rings. The Kier molecular flexibility index (Phi) is 6.34. The van der Waals surface area contributed by atoms with Gasteiger partial charge in [-0.05, 0) is 90.0 Å². The lowest BCUT2D eigenvalue weighted by atomic mass is 9.96. The van der Waals surface area contributed by atoms with Crippen LogP contribution in [0.2, 0.25) is 0 Å². The van der Waals surface area contributed by atoms with Crippen molar-refractivity contribution in [2.45, 2.75) is 0 Å². The SMILES string of the molecule is c1ccc(-n2c3cc4c5cccc6c7ccccc7n(c4cc3c3cc4c(cc32)c2cccc3c7c(-c8ccc9c(c8)c8c%10c%11cccc%12c%13ccccc%13n(c%10cc%10c%13ccccc%13n9c%108)c%12%11)cccc7n4c23)c65)cc1. The van der Waals surface area contributed by atoms with Gasteiger partial charge in [-0.2, -0.15) is 0 Å². The van der Waals surface area contributed by atoms with Crippen LogP contribution in [-0.4, -0.2) is 22.2 Å². The van der Waals surface area contributed by atoms with Gasteiger partial charge in [-0.3, -0.25) is 0 Å². The molecule has 0 aliphatic rings. The normalized spacial score (nSPS) is 13.2. The van der Waals surface area contributed by atoms with Crippen molar-refractivity contribution in [2.24, 2.45) is 0 Å². The van der Waals surface area contributed by atoms with E-state index in [1.54, 1.807) is 0 Å². The summed E-state index contributed by atoms with van der Waals surface area (Å²) < 4.78 is 12.7. The van der Waals surface area contributed by atoms with Crippen LogP contribution in [0.3, 0.4) is 0 Å². The van der Waals surface area contributed by atoms with Crippen molar-refractivity contribution in [2.75, 3.05) is 0 Å². The lowest BCUT2D eigenvalue weighted by molar-refractivity contribution is 1.18. The van der Waals surface area contributed by atoms with Crippen molar-refractivity contribution >= 4 is 174 Å². The molecule has 0 unspecified atom stereocenters. The molecule has 350 valence electrons. The fourth-order valence-corrected chi connectivity index (χ4v) is 15.7. The van der Waals surface area contributed by atoms with E-state index in [0.29, 0.717) is 0 Å². The van der Waals surface area contributed by atoms with Crippen molar-refractivity contribution in [3.63, 3.8) is 0 Å². The molecule has 0 amide bonds. The largest absolute Gasteiger partial charge is 0.309 e. The van der Waals surface area contributed by atoms with Crippen LogP contribution < -0.4 is 0 Å². The predicted molar refractivity (Wildman–Crippen MR) is 325 cm³/mol. The van der Waals surface area contributed by atoms with E-state index in [0.717, 1.165) is 5.69 Å². The van der Waals surface area contributed by atoms with Crippen LogP contribution in [0.4, 0.5) is 0 Å². The van der Waals surface area contributed by atoms with E-state index in [1.807, 2.05) is 0 Å². The number of hydrogen-bond donors (Lipinski definition) is 0. The number of fused-ring (bicyclic) bond motifs is 28. The van der Waals surface area contributed by atoms with E-state index in [4.69, 9.17) is 0 Å². The summed E-state index contributed by atoms with van der Waals surface area (Å²) in [7, 11) is 0. The number of aromatic nitrogens is 5. The van der Waals surface area contributed by atoms with Gasteiger partial charge in [0.05, 0.1) is 77.2 Å². The molecule has 0 saturated heterocycles. The topological polar surface area (TPSA) is 22.6 Å². The van der Waals surface area contributed by atoms with Crippen LogP contribution in [0.25, 0.3) is 191 Å². The average molecular weight is 972 g/mol. The molecule has 9 aromatic heterocycles. The second-order valence-corrected chi connectivity index (χ2v) is 21.9. The maximum atomic E-state index is 2.58. The third-order valence-corrected chi connectivity index (χ3v) is 18.5. The summed E-state index contributed by atoms with van der Waals surface area (Å²) in [5.74, 6) is 0. The molecule has 0 radical (unpaired) electrons. The van der Waals surface area contributed by atoms with Crippen LogP contribution in [0.15, 0.2) is 224 Å². The third kappa shape index (κ3) is 4.20. The molecule has 21 rings (SSSR count). The minimum Gasteiger partial charge on any atom is -0.309 e. The number of benzene rings is 12. The predicted octanol–water partition coefficient (Wildman–Crippen LogP) is 19.1. The van der Waals surface area contributed by atoms with E-state index in [1.165, 1.54) is 185 Å². The highest BCUT2D eigenvalue weighted by molar-refractivity contribution is 6.39. The van der Waals surface area contributed by atoms with Crippen LogP contribution in [0.5, 0.6) is 0 Å². The minimum atomic E-state index is 1.16. The van der Waals surface area contributed by atoms with Crippen LogP contribution in [-0.2, 0) is 0 Å². The summed E-state index contributed by atoms with van der Waals surface area (Å²) in [5, 5.41) is 23.3. The molecule has 0 aliphatic carbocycles. The first kappa shape index (κ1) is 38.3. The van der Waals surface area contributed by atoms with Gasteiger partial charge in [-0.15, -0.1) is 0 Å². The van der Waals surface area contributed by atoms with E-state index in [2.05, 4.69) is 247 Å². The van der Waals surface area contributed by atoms with Crippen LogP contribution >= 0.6 is 0 Å². The van der Waals surface area contributed by atoms with Crippen LogP contribution in [0.1, 0.15) is 0 Å². The Morgan fingerprint density at radius 1 is 0.195 bits per heavy atom. The van der Waals surface area contributed by atoms with E-state index >= 15 is 0 Å². The molecule has 0 bridgehead atoms. The molecule has 21 aromatic rings. The van der Waals surface area contributed by atoms with Gasteiger partial charge >= 0.3 is 0 Å². The molecule has 0 saturated carbocycles. The first-order chi connectivity index (χ1) is 38.2. The Hall–Kier alpha value is -10.4. The minimum absolute atomic E-state index is 1.16. The van der Waals surface area contributed by atoms with Crippen molar-refractivity contribution in [3.05, 3.63) is 224 Å². The molecule has 5 heteroatoms. The zero-order valence-electron chi connectivity index (χ0n) is 41.1. The Morgan fingerprint density at radius 2 is 0.610 bits per heavy atom. The van der Waals surface area contributed by atoms with Gasteiger partial charge in [-0.1, -0.05) is 146 Å². The number of hydrogen-bond acceptors (Lipinski definition) is 0. The quantitative estimate of drug-likeness (QED) is 0.165. The van der Waals surface area contributed by atoms with Crippen molar-refractivity contribution in [1.82, 2.24) is 22.2 Å². The highest BCUT2D eigenvalue weighted by Crippen LogP contribution is 2.51. The maximum absolute atomic E-state index is 2.58. The van der Waals surface area contributed by atoms with E-state index < -0.39 is 0 Å². The van der Waals surface area contributed by atoms with Crippen LogP contribution in [0, 0.1) is 0 Å². The molecular weight excluding hydrogens is 935 g/mol. The summed E-state index contributed by atoms with van der Waals surface area (Å²) >= 11 is 0. The highest BCUT2D eigenvalue weighted by atomic mass is 15.0. The van der Waals surface area contributed by atoms with Gasteiger partial charge in [0, 0.05) is 103 Å². The van der Waals surface area contributed by atoms with E-state index in [-0.39, 0.29) is 0 Å². The van der Waals surface area contributed by atoms with Crippen molar-refractivity contribution < 1.29 is 0 Å². The average Bonchev–Trinajstić information content (AvgIpc) is 4.56. The van der Waals surface area contributed by atoms with Crippen molar-refractivity contribution in [1.29, 1.82) is 0 Å². The second-order valence-electron chi connectivity index (χ2n) is 21.9. The van der Waals surface area contributed by atoms with Gasteiger partial charge in [0.2, 0.25) is 0 Å². The smallest absolute Gasteiger partial charge is 0.0628 e. The Balaban J connectivity index is 0.865. The fraction of sp³-hybridized carbons (Fsp3) is 0. The van der Waals surface area contributed by atoms with Crippen molar-refractivity contribution in [3.8, 4) is 16.8 Å². The lowest BCUT2D eigenvalue weighted by Gasteiger charge is -2.09. The van der Waals surface area contributed by atoms with E-state index in [9.17, 15) is 0 Å². The maximum Gasteiger partial charge on any atom is 0.0628 e.